The second-order valence-electron chi connectivity index (χ2n) is 6.39. The average molecular weight is 307 g/mol. The summed E-state index contributed by atoms with van der Waals surface area (Å²) >= 11 is 1.74. The van der Waals surface area contributed by atoms with Crippen LogP contribution >= 0.6 is 11.3 Å². The van der Waals surface area contributed by atoms with E-state index >= 15 is 0 Å². The second kappa shape index (κ2) is 5.44. The fourth-order valence-corrected chi connectivity index (χ4v) is 4.39. The molecule has 1 amide bonds. The van der Waals surface area contributed by atoms with E-state index in [-0.39, 0.29) is 11.3 Å². The summed E-state index contributed by atoms with van der Waals surface area (Å²) in [4.78, 5) is 24.8. The number of carboxylic acid groups (broad SMARTS) is 1. The highest BCUT2D eigenvalue weighted by molar-refractivity contribution is 7.10. The van der Waals surface area contributed by atoms with Crippen molar-refractivity contribution in [2.24, 2.45) is 5.41 Å². The van der Waals surface area contributed by atoms with Crippen molar-refractivity contribution in [3.63, 3.8) is 0 Å². The van der Waals surface area contributed by atoms with Gasteiger partial charge in [-0.25, -0.2) is 0 Å². The number of thiophene rings is 1. The molecule has 2 aliphatic rings. The van der Waals surface area contributed by atoms with Crippen LogP contribution in [-0.2, 0) is 15.0 Å². The lowest BCUT2D eigenvalue weighted by Gasteiger charge is -2.37. The van der Waals surface area contributed by atoms with Gasteiger partial charge < -0.3 is 10.4 Å². The van der Waals surface area contributed by atoms with E-state index < -0.39 is 11.4 Å². The maximum Gasteiger partial charge on any atom is 0.319 e. The normalized spacial score (nSPS) is 22.5. The molecular formula is C16H21NO3S. The van der Waals surface area contributed by atoms with Crippen molar-refractivity contribution in [3.8, 4) is 0 Å². The van der Waals surface area contributed by atoms with Gasteiger partial charge in [0.1, 0.15) is 5.41 Å². The Balaban J connectivity index is 1.71. The third kappa shape index (κ3) is 2.59. The van der Waals surface area contributed by atoms with E-state index in [1.807, 2.05) is 0 Å². The molecule has 1 aromatic heterocycles. The minimum atomic E-state index is -1.13. The monoisotopic (exact) mass is 307 g/mol. The van der Waals surface area contributed by atoms with Crippen LogP contribution in [0.3, 0.4) is 0 Å². The summed E-state index contributed by atoms with van der Waals surface area (Å²) in [6, 6.07) is 4.20. The Hall–Kier alpha value is -1.36. The molecule has 0 saturated heterocycles. The van der Waals surface area contributed by atoms with Crippen LogP contribution in [0.1, 0.15) is 49.8 Å². The summed E-state index contributed by atoms with van der Waals surface area (Å²) in [5, 5.41) is 14.2. The number of rotatable bonds is 5. The lowest BCUT2D eigenvalue weighted by molar-refractivity contribution is -0.149. The molecule has 4 nitrogen and oxygen atoms in total. The Bertz CT molecular complexity index is 528. The molecule has 3 rings (SSSR count). The molecule has 0 bridgehead atoms. The van der Waals surface area contributed by atoms with E-state index in [1.54, 1.807) is 11.3 Å². The highest BCUT2D eigenvalue weighted by Gasteiger charge is 2.57. The van der Waals surface area contributed by atoms with Crippen molar-refractivity contribution in [2.75, 3.05) is 6.54 Å². The van der Waals surface area contributed by atoms with E-state index in [9.17, 15) is 14.7 Å². The largest absolute Gasteiger partial charge is 0.480 e. The fourth-order valence-electron chi connectivity index (χ4n) is 3.40. The number of aliphatic carboxylic acids is 1. The summed E-state index contributed by atoms with van der Waals surface area (Å²) in [7, 11) is 0. The fraction of sp³-hybridized carbons (Fsp3) is 0.625. The van der Waals surface area contributed by atoms with Crippen molar-refractivity contribution in [1.82, 2.24) is 5.32 Å². The van der Waals surface area contributed by atoms with Crippen LogP contribution in [0.2, 0.25) is 0 Å². The van der Waals surface area contributed by atoms with Crippen LogP contribution in [-0.4, -0.2) is 23.5 Å². The molecule has 2 fully saturated rings. The van der Waals surface area contributed by atoms with Crippen molar-refractivity contribution in [2.45, 2.75) is 50.4 Å². The summed E-state index contributed by atoms with van der Waals surface area (Å²) in [5.41, 5.74) is -1.12. The summed E-state index contributed by atoms with van der Waals surface area (Å²) < 4.78 is 0. The van der Waals surface area contributed by atoms with E-state index in [0.717, 1.165) is 12.8 Å². The predicted octanol–water partition coefficient (Wildman–Crippen LogP) is 2.93. The van der Waals surface area contributed by atoms with Crippen molar-refractivity contribution < 1.29 is 14.7 Å². The molecule has 0 radical (unpaired) electrons. The standard InChI is InChI=1S/C16H21NO3S/c18-13(16(8-9-16)14(19)20)17-11-15(6-2-1-3-7-15)12-5-4-10-21-12/h4-5,10H,1-3,6-9,11H2,(H,17,18)(H,19,20). The molecule has 0 atom stereocenters. The van der Waals surface area contributed by atoms with Gasteiger partial charge in [-0.3, -0.25) is 9.59 Å². The minimum absolute atomic E-state index is 0.0106. The molecule has 0 aliphatic heterocycles. The van der Waals surface area contributed by atoms with Gasteiger partial charge in [0.15, 0.2) is 0 Å². The van der Waals surface area contributed by atoms with Gasteiger partial charge in [-0.2, -0.15) is 0 Å². The number of nitrogens with one attached hydrogen (secondary N) is 1. The van der Waals surface area contributed by atoms with Crippen molar-refractivity contribution >= 4 is 23.2 Å². The Kier molecular flexibility index (Phi) is 3.78. The van der Waals surface area contributed by atoms with Gasteiger partial charge in [-0.1, -0.05) is 25.3 Å². The van der Waals surface area contributed by atoms with Gasteiger partial charge >= 0.3 is 5.97 Å². The lowest BCUT2D eigenvalue weighted by Crippen LogP contribution is -2.45. The SMILES string of the molecule is O=C(O)C1(C(=O)NCC2(c3cccs3)CCCCC2)CC1. The maximum absolute atomic E-state index is 12.2. The number of amides is 1. The van der Waals surface area contributed by atoms with Crippen LogP contribution in [0.4, 0.5) is 0 Å². The Morgan fingerprint density at radius 2 is 1.90 bits per heavy atom. The van der Waals surface area contributed by atoms with Gasteiger partial charge in [0.2, 0.25) is 5.91 Å². The minimum Gasteiger partial charge on any atom is -0.480 e. The summed E-state index contributed by atoms with van der Waals surface area (Å²) in [5.74, 6) is -1.27. The molecule has 2 saturated carbocycles. The topological polar surface area (TPSA) is 66.4 Å². The third-order valence-electron chi connectivity index (χ3n) is 5.04. The van der Waals surface area contributed by atoms with Crippen molar-refractivity contribution in [3.05, 3.63) is 22.4 Å². The average Bonchev–Trinajstić information content (AvgIpc) is 3.13. The Morgan fingerprint density at radius 3 is 2.43 bits per heavy atom. The van der Waals surface area contributed by atoms with Crippen LogP contribution in [0.5, 0.6) is 0 Å². The number of hydrogen-bond acceptors (Lipinski definition) is 3. The van der Waals surface area contributed by atoms with Crippen LogP contribution in [0.15, 0.2) is 17.5 Å². The third-order valence-corrected chi connectivity index (χ3v) is 6.15. The Morgan fingerprint density at radius 1 is 1.19 bits per heavy atom. The molecule has 1 heterocycles. The maximum atomic E-state index is 12.2. The second-order valence-corrected chi connectivity index (χ2v) is 7.34. The number of carbonyl (C=O) groups is 2. The first-order valence-electron chi connectivity index (χ1n) is 7.65. The zero-order valence-electron chi connectivity index (χ0n) is 12.1. The molecule has 2 N–H and O–H groups in total. The molecule has 0 aromatic carbocycles. The van der Waals surface area contributed by atoms with Crippen LogP contribution < -0.4 is 5.32 Å². The molecule has 114 valence electrons. The summed E-state index contributed by atoms with van der Waals surface area (Å²) in [6.45, 7) is 0.571. The van der Waals surface area contributed by atoms with Crippen molar-refractivity contribution in [1.29, 1.82) is 0 Å². The quantitative estimate of drug-likeness (QED) is 0.822. The molecule has 1 aromatic rings. The van der Waals surface area contributed by atoms with Crippen LogP contribution in [0.25, 0.3) is 0 Å². The van der Waals surface area contributed by atoms with Gasteiger partial charge in [0.25, 0.3) is 0 Å². The van der Waals surface area contributed by atoms with Gasteiger partial charge in [0, 0.05) is 16.8 Å². The highest BCUT2D eigenvalue weighted by atomic mass is 32.1. The van der Waals surface area contributed by atoms with E-state index in [2.05, 4.69) is 22.8 Å². The number of hydrogen-bond donors (Lipinski definition) is 2. The van der Waals surface area contributed by atoms with E-state index in [1.165, 1.54) is 24.1 Å². The van der Waals surface area contributed by atoms with Gasteiger partial charge in [-0.15, -0.1) is 11.3 Å². The molecule has 21 heavy (non-hydrogen) atoms. The first kappa shape index (κ1) is 14.6. The van der Waals surface area contributed by atoms with E-state index in [4.69, 9.17) is 0 Å². The molecule has 0 unspecified atom stereocenters. The Labute approximate surface area is 128 Å². The summed E-state index contributed by atoms with van der Waals surface area (Å²) in [6.07, 6.45) is 6.71. The molecule has 2 aliphatic carbocycles. The lowest BCUT2D eigenvalue weighted by atomic mass is 9.73. The molecule has 0 spiro atoms. The molecular weight excluding hydrogens is 286 g/mol. The van der Waals surface area contributed by atoms with Crippen LogP contribution in [0, 0.1) is 5.41 Å². The zero-order valence-corrected chi connectivity index (χ0v) is 12.9. The molecule has 5 heteroatoms. The van der Waals surface area contributed by atoms with Gasteiger partial charge in [-0.05, 0) is 37.1 Å². The first-order chi connectivity index (χ1) is 10.1. The highest BCUT2D eigenvalue weighted by Crippen LogP contribution is 2.47. The predicted molar refractivity (Wildman–Crippen MR) is 81.4 cm³/mol. The number of carboxylic acids is 1. The smallest absolute Gasteiger partial charge is 0.319 e. The first-order valence-corrected chi connectivity index (χ1v) is 8.53. The number of carbonyl (C=O) groups excluding carboxylic acids is 1. The van der Waals surface area contributed by atoms with Gasteiger partial charge in [0.05, 0.1) is 0 Å². The van der Waals surface area contributed by atoms with E-state index in [0.29, 0.717) is 19.4 Å². The zero-order chi connectivity index (χ0) is 14.9.